The van der Waals surface area contributed by atoms with Crippen LogP contribution in [-0.2, 0) is 13.5 Å². The Bertz CT molecular complexity index is 725. The molecule has 1 N–H and O–H groups in total. The SMILES string of the molecule is Cn1c(-c2ccco2)nc2cc3c(cc21)CCN3. The fourth-order valence-electron chi connectivity index (χ4n) is 2.61. The third-order valence-corrected chi connectivity index (χ3v) is 3.56. The summed E-state index contributed by atoms with van der Waals surface area (Å²) in [4.78, 5) is 4.66. The zero-order valence-electron chi connectivity index (χ0n) is 10.1. The van der Waals surface area contributed by atoms with Crippen molar-refractivity contribution in [3.63, 3.8) is 0 Å². The molecule has 0 saturated heterocycles. The lowest BCUT2D eigenvalue weighted by molar-refractivity contribution is 0.574. The first-order valence-electron chi connectivity index (χ1n) is 6.10. The fraction of sp³-hybridized carbons (Fsp3) is 0.214. The highest BCUT2D eigenvalue weighted by Gasteiger charge is 2.16. The molecule has 0 spiro atoms. The lowest BCUT2D eigenvalue weighted by Gasteiger charge is -2.01. The van der Waals surface area contributed by atoms with Gasteiger partial charge in [-0.05, 0) is 36.2 Å². The summed E-state index contributed by atoms with van der Waals surface area (Å²) in [5.41, 5.74) is 4.75. The van der Waals surface area contributed by atoms with Gasteiger partial charge in [-0.2, -0.15) is 0 Å². The van der Waals surface area contributed by atoms with Crippen LogP contribution in [-0.4, -0.2) is 16.1 Å². The molecule has 1 aliphatic heterocycles. The average Bonchev–Trinajstić information content (AvgIpc) is 3.07. The van der Waals surface area contributed by atoms with Gasteiger partial charge in [0.1, 0.15) is 0 Å². The maximum Gasteiger partial charge on any atom is 0.176 e. The summed E-state index contributed by atoms with van der Waals surface area (Å²) in [6.07, 6.45) is 2.77. The van der Waals surface area contributed by atoms with Crippen molar-refractivity contribution in [2.75, 3.05) is 11.9 Å². The first kappa shape index (κ1) is 9.76. The van der Waals surface area contributed by atoms with E-state index in [2.05, 4.69) is 27.0 Å². The summed E-state index contributed by atoms with van der Waals surface area (Å²) in [5.74, 6) is 1.68. The molecule has 4 rings (SSSR count). The third kappa shape index (κ3) is 1.23. The number of imidazole rings is 1. The Morgan fingerprint density at radius 3 is 3.17 bits per heavy atom. The number of hydrogen-bond acceptors (Lipinski definition) is 3. The molecule has 0 amide bonds. The second-order valence-corrected chi connectivity index (χ2v) is 4.65. The summed E-state index contributed by atoms with van der Waals surface area (Å²) < 4.78 is 7.52. The van der Waals surface area contributed by atoms with E-state index in [4.69, 9.17) is 4.42 Å². The predicted octanol–water partition coefficient (Wildman–Crippen LogP) is 2.80. The summed E-state index contributed by atoms with van der Waals surface area (Å²) in [6.45, 7) is 1.02. The molecule has 4 heteroatoms. The maximum absolute atomic E-state index is 5.43. The van der Waals surface area contributed by atoms with Crippen molar-refractivity contribution < 1.29 is 4.42 Å². The molecule has 2 aromatic heterocycles. The van der Waals surface area contributed by atoms with Crippen molar-refractivity contribution in [2.45, 2.75) is 6.42 Å². The third-order valence-electron chi connectivity index (χ3n) is 3.56. The molecule has 0 bridgehead atoms. The number of rotatable bonds is 1. The lowest BCUT2D eigenvalue weighted by Crippen LogP contribution is -1.91. The molecular formula is C14H13N3O. The highest BCUT2D eigenvalue weighted by atomic mass is 16.3. The van der Waals surface area contributed by atoms with Crippen molar-refractivity contribution in [2.24, 2.45) is 7.05 Å². The second-order valence-electron chi connectivity index (χ2n) is 4.65. The van der Waals surface area contributed by atoms with Crippen LogP contribution in [0.25, 0.3) is 22.6 Å². The molecule has 1 aromatic carbocycles. The van der Waals surface area contributed by atoms with Crippen LogP contribution < -0.4 is 5.32 Å². The van der Waals surface area contributed by atoms with Crippen LogP contribution in [0.3, 0.4) is 0 Å². The molecule has 4 nitrogen and oxygen atoms in total. The Kier molecular flexibility index (Phi) is 1.84. The second kappa shape index (κ2) is 3.38. The van der Waals surface area contributed by atoms with Gasteiger partial charge in [0.2, 0.25) is 0 Å². The van der Waals surface area contributed by atoms with Crippen molar-refractivity contribution in [3.05, 3.63) is 36.1 Å². The number of furan rings is 1. The van der Waals surface area contributed by atoms with E-state index in [-0.39, 0.29) is 0 Å². The normalized spacial score (nSPS) is 13.8. The summed E-state index contributed by atoms with van der Waals surface area (Å²) in [5, 5.41) is 3.38. The van der Waals surface area contributed by atoms with Crippen molar-refractivity contribution >= 4 is 16.7 Å². The highest BCUT2D eigenvalue weighted by Crippen LogP contribution is 2.30. The Labute approximate surface area is 104 Å². The van der Waals surface area contributed by atoms with Gasteiger partial charge in [-0.3, -0.25) is 0 Å². The number of aryl methyl sites for hydroxylation is 1. The van der Waals surface area contributed by atoms with Crippen LogP contribution in [0.5, 0.6) is 0 Å². The quantitative estimate of drug-likeness (QED) is 0.710. The van der Waals surface area contributed by atoms with Crippen molar-refractivity contribution in [1.29, 1.82) is 0 Å². The standard InChI is InChI=1S/C14H13N3O/c1-17-12-7-9-4-5-15-10(9)8-11(12)16-14(17)13-3-2-6-18-13/h2-3,6-8,15H,4-5H2,1H3. The Morgan fingerprint density at radius 1 is 1.39 bits per heavy atom. The molecule has 0 aliphatic carbocycles. The van der Waals surface area contributed by atoms with Gasteiger partial charge in [-0.15, -0.1) is 0 Å². The summed E-state index contributed by atoms with van der Waals surface area (Å²) in [6, 6.07) is 8.18. The van der Waals surface area contributed by atoms with Gasteiger partial charge in [0.05, 0.1) is 17.3 Å². The number of aromatic nitrogens is 2. The largest absolute Gasteiger partial charge is 0.461 e. The summed E-state index contributed by atoms with van der Waals surface area (Å²) in [7, 11) is 2.03. The summed E-state index contributed by atoms with van der Waals surface area (Å²) >= 11 is 0. The van der Waals surface area contributed by atoms with E-state index in [0.717, 1.165) is 35.6 Å². The molecule has 0 radical (unpaired) electrons. The molecule has 0 saturated carbocycles. The number of hydrogen-bond donors (Lipinski definition) is 1. The van der Waals surface area contributed by atoms with Crippen LogP contribution in [0.2, 0.25) is 0 Å². The highest BCUT2D eigenvalue weighted by molar-refractivity contribution is 5.85. The van der Waals surface area contributed by atoms with E-state index in [0.29, 0.717) is 0 Å². The maximum atomic E-state index is 5.43. The van der Waals surface area contributed by atoms with E-state index < -0.39 is 0 Å². The van der Waals surface area contributed by atoms with Gasteiger partial charge >= 0.3 is 0 Å². The minimum Gasteiger partial charge on any atom is -0.461 e. The lowest BCUT2D eigenvalue weighted by atomic mass is 10.1. The van der Waals surface area contributed by atoms with E-state index in [1.54, 1.807) is 6.26 Å². The van der Waals surface area contributed by atoms with Crippen LogP contribution in [0, 0.1) is 0 Å². The van der Waals surface area contributed by atoms with Crippen LogP contribution >= 0.6 is 0 Å². The van der Waals surface area contributed by atoms with Gasteiger partial charge in [0.25, 0.3) is 0 Å². The molecule has 0 unspecified atom stereocenters. The molecular weight excluding hydrogens is 226 g/mol. The van der Waals surface area contributed by atoms with E-state index in [9.17, 15) is 0 Å². The first-order valence-corrected chi connectivity index (χ1v) is 6.10. The average molecular weight is 239 g/mol. The van der Waals surface area contributed by atoms with E-state index in [1.165, 1.54) is 11.3 Å². The van der Waals surface area contributed by atoms with Gasteiger partial charge in [0, 0.05) is 19.3 Å². The van der Waals surface area contributed by atoms with Crippen LogP contribution in [0.4, 0.5) is 5.69 Å². The number of nitrogens with zero attached hydrogens (tertiary/aromatic N) is 2. The molecule has 3 aromatic rings. The molecule has 0 atom stereocenters. The van der Waals surface area contributed by atoms with E-state index >= 15 is 0 Å². The minimum atomic E-state index is 0.807. The van der Waals surface area contributed by atoms with Crippen molar-refractivity contribution in [1.82, 2.24) is 9.55 Å². The zero-order valence-corrected chi connectivity index (χ0v) is 10.1. The van der Waals surface area contributed by atoms with Gasteiger partial charge in [0.15, 0.2) is 11.6 Å². The number of benzene rings is 1. The zero-order chi connectivity index (χ0) is 12.1. The molecule has 3 heterocycles. The molecule has 0 fully saturated rings. The van der Waals surface area contributed by atoms with Gasteiger partial charge in [-0.1, -0.05) is 0 Å². The number of fused-ring (bicyclic) bond motifs is 2. The monoisotopic (exact) mass is 239 g/mol. The van der Waals surface area contributed by atoms with Crippen LogP contribution in [0.1, 0.15) is 5.56 Å². The number of anilines is 1. The van der Waals surface area contributed by atoms with Gasteiger partial charge in [-0.25, -0.2) is 4.98 Å². The Morgan fingerprint density at radius 2 is 2.33 bits per heavy atom. The van der Waals surface area contributed by atoms with Crippen LogP contribution in [0.15, 0.2) is 34.9 Å². The number of nitrogens with one attached hydrogen (secondary N) is 1. The van der Waals surface area contributed by atoms with E-state index in [1.807, 2.05) is 19.2 Å². The topological polar surface area (TPSA) is 43.0 Å². The van der Waals surface area contributed by atoms with Crippen molar-refractivity contribution in [3.8, 4) is 11.6 Å². The smallest absolute Gasteiger partial charge is 0.176 e. The predicted molar refractivity (Wildman–Crippen MR) is 70.6 cm³/mol. The van der Waals surface area contributed by atoms with Gasteiger partial charge < -0.3 is 14.3 Å². The molecule has 90 valence electrons. The molecule has 1 aliphatic rings. The fourth-order valence-corrected chi connectivity index (χ4v) is 2.61. The first-order chi connectivity index (χ1) is 8.83. The minimum absolute atomic E-state index is 0.807. The molecule has 18 heavy (non-hydrogen) atoms. The Balaban J connectivity index is 2.00. The Hall–Kier alpha value is -2.23.